The molecule has 2 heterocycles. The third-order valence-electron chi connectivity index (χ3n) is 0.909. The molecule has 9 heteroatoms. The van der Waals surface area contributed by atoms with E-state index >= 15 is 0 Å². The molecule has 0 saturated carbocycles. The van der Waals surface area contributed by atoms with Gasteiger partial charge in [-0.15, -0.1) is 0 Å². The van der Waals surface area contributed by atoms with Crippen LogP contribution in [0.1, 0.15) is 0 Å². The molecule has 2 aromatic heterocycles. The van der Waals surface area contributed by atoms with Gasteiger partial charge >= 0.3 is 35.0 Å². The second-order valence-electron chi connectivity index (χ2n) is 1.79. The number of thiol groups is 2. The topological polar surface area (TPSA) is 28.3 Å². The summed E-state index contributed by atoms with van der Waals surface area (Å²) in [5.41, 5.74) is 0. The zero-order valence-electron chi connectivity index (χ0n) is 7.09. The minimum atomic E-state index is -0.106. The SMILES string of the molecule is Sc1[nH+]ccs1.Sc1[nH+]ccs1.[Cl][Pd][Cl]. The predicted molar refractivity (Wildman–Crippen MR) is 68.0 cm³/mol. The monoisotopic (exact) mass is 412 g/mol. The molecule has 0 fully saturated rings. The number of hydrogen-bond donors (Lipinski definition) is 2. The number of hydrogen-bond acceptors (Lipinski definition) is 4. The third-order valence-corrected chi connectivity index (χ3v) is 3.03. The van der Waals surface area contributed by atoms with Crippen molar-refractivity contribution in [1.82, 2.24) is 0 Å². The van der Waals surface area contributed by atoms with Gasteiger partial charge in [-0.1, -0.05) is 47.9 Å². The van der Waals surface area contributed by atoms with Crippen molar-refractivity contribution in [3.63, 3.8) is 0 Å². The van der Waals surface area contributed by atoms with Crippen molar-refractivity contribution in [2.75, 3.05) is 0 Å². The van der Waals surface area contributed by atoms with Crippen LogP contribution in [-0.4, -0.2) is 0 Å². The summed E-state index contributed by atoms with van der Waals surface area (Å²) >= 11 is 11.1. The van der Waals surface area contributed by atoms with Crippen molar-refractivity contribution >= 4 is 67.0 Å². The Kier molecular flexibility index (Phi) is 12.6. The van der Waals surface area contributed by atoms with E-state index in [9.17, 15) is 0 Å². The molecule has 2 rings (SSSR count). The molecule has 0 amide bonds. The van der Waals surface area contributed by atoms with Crippen LogP contribution in [0.3, 0.4) is 0 Å². The number of aromatic nitrogens is 2. The summed E-state index contributed by atoms with van der Waals surface area (Å²) in [6.45, 7) is 0. The van der Waals surface area contributed by atoms with E-state index in [2.05, 4.69) is 35.2 Å². The molecule has 88 valence electrons. The normalized spacial score (nSPS) is 8.53. The van der Waals surface area contributed by atoms with Crippen LogP contribution in [0.2, 0.25) is 0 Å². The van der Waals surface area contributed by atoms with E-state index in [0.717, 1.165) is 8.68 Å². The van der Waals surface area contributed by atoms with E-state index in [-0.39, 0.29) is 15.9 Å². The molecular weight excluding hydrogens is 406 g/mol. The van der Waals surface area contributed by atoms with Crippen LogP contribution in [0.25, 0.3) is 0 Å². The average Bonchev–Trinajstić information content (AvgIpc) is 2.81. The first kappa shape index (κ1) is 16.2. The molecule has 0 radical (unpaired) electrons. The van der Waals surface area contributed by atoms with E-state index in [4.69, 9.17) is 19.1 Å². The molecule has 15 heavy (non-hydrogen) atoms. The summed E-state index contributed by atoms with van der Waals surface area (Å²) < 4.78 is 1.91. The first-order chi connectivity index (χ1) is 7.20. The van der Waals surface area contributed by atoms with E-state index in [1.54, 1.807) is 22.7 Å². The van der Waals surface area contributed by atoms with E-state index in [0.29, 0.717) is 0 Å². The van der Waals surface area contributed by atoms with E-state index in [1.165, 1.54) is 0 Å². The molecule has 2 aromatic rings. The molecule has 0 aromatic carbocycles. The van der Waals surface area contributed by atoms with Crippen molar-refractivity contribution in [2.24, 2.45) is 0 Å². The molecule has 0 spiro atoms. The Morgan fingerprint density at radius 1 is 1.00 bits per heavy atom. The number of halogens is 2. The summed E-state index contributed by atoms with van der Waals surface area (Å²) in [6.07, 6.45) is 3.71. The van der Waals surface area contributed by atoms with Gasteiger partial charge in [0.05, 0.1) is 10.8 Å². The van der Waals surface area contributed by atoms with Crippen LogP contribution in [0, 0.1) is 0 Å². The van der Waals surface area contributed by atoms with Crippen LogP contribution in [0.5, 0.6) is 0 Å². The van der Waals surface area contributed by atoms with Crippen LogP contribution in [0.4, 0.5) is 0 Å². The van der Waals surface area contributed by atoms with Gasteiger partial charge in [0.15, 0.2) is 12.4 Å². The van der Waals surface area contributed by atoms with Gasteiger partial charge in [0.1, 0.15) is 0 Å². The average molecular weight is 414 g/mol. The maximum atomic E-state index is 4.81. The molecule has 0 saturated heterocycles. The van der Waals surface area contributed by atoms with Gasteiger partial charge in [0, 0.05) is 0 Å². The fourth-order valence-corrected chi connectivity index (χ4v) is 1.79. The Hall–Kier alpha value is 1.20. The van der Waals surface area contributed by atoms with Gasteiger partial charge in [0.2, 0.25) is 0 Å². The molecular formula is C6H8Cl2N2PdS4+2. The van der Waals surface area contributed by atoms with Gasteiger partial charge in [-0.3, -0.25) is 0 Å². The van der Waals surface area contributed by atoms with E-state index in [1.807, 2.05) is 23.2 Å². The van der Waals surface area contributed by atoms with Crippen molar-refractivity contribution < 1.29 is 25.9 Å². The second kappa shape index (κ2) is 11.7. The first-order valence-electron chi connectivity index (χ1n) is 3.31. The Balaban J connectivity index is 0.000000210. The second-order valence-corrected chi connectivity index (χ2v) is 7.48. The van der Waals surface area contributed by atoms with Gasteiger partial charge in [0.25, 0.3) is 8.68 Å². The zero-order chi connectivity index (χ0) is 11.5. The van der Waals surface area contributed by atoms with Crippen LogP contribution < -0.4 is 9.97 Å². The quantitative estimate of drug-likeness (QED) is 0.491. The Morgan fingerprint density at radius 3 is 1.40 bits per heavy atom. The maximum absolute atomic E-state index is 4.81. The summed E-state index contributed by atoms with van der Waals surface area (Å²) in [5.74, 6) is 0. The summed E-state index contributed by atoms with van der Waals surface area (Å²) in [7, 11) is 9.63. The number of H-pyrrole nitrogens is 2. The Morgan fingerprint density at radius 2 is 1.33 bits per heavy atom. The van der Waals surface area contributed by atoms with Gasteiger partial charge in [-0.05, 0) is 0 Å². The standard InChI is InChI=1S/2C3H3NS2.2ClH.Pd/c2*5-3-4-1-2-6-3;;;/h2*1-2H,(H,4,5);2*1H;/q;;;;+2. The number of rotatable bonds is 0. The van der Waals surface area contributed by atoms with Crippen LogP contribution >= 0.6 is 67.0 Å². The summed E-state index contributed by atoms with van der Waals surface area (Å²) in [6, 6.07) is 0. The molecule has 0 bridgehead atoms. The number of aromatic amines is 2. The third kappa shape index (κ3) is 11.5. The number of thiazole rings is 2. The van der Waals surface area contributed by atoms with Crippen molar-refractivity contribution in [3.8, 4) is 0 Å². The first-order valence-corrected chi connectivity index (χ1v) is 9.97. The zero-order valence-corrected chi connectivity index (χ0v) is 13.6. The minimum absolute atomic E-state index is 0.106. The van der Waals surface area contributed by atoms with Crippen LogP contribution in [0.15, 0.2) is 31.8 Å². The molecule has 0 aliphatic carbocycles. The summed E-state index contributed by atoms with van der Waals surface area (Å²) in [5, 5.41) is 3.89. The van der Waals surface area contributed by atoms with Crippen molar-refractivity contribution in [3.05, 3.63) is 23.2 Å². The van der Waals surface area contributed by atoms with Gasteiger partial charge in [-0.2, -0.15) is 9.97 Å². The van der Waals surface area contributed by atoms with E-state index < -0.39 is 0 Å². The fraction of sp³-hybridized carbons (Fsp3) is 0. The molecule has 0 aliphatic rings. The molecule has 2 nitrogen and oxygen atoms in total. The number of nitrogens with one attached hydrogen (secondary N) is 2. The molecule has 0 aliphatic heterocycles. The Labute approximate surface area is 123 Å². The molecule has 2 N–H and O–H groups in total. The Bertz CT molecular complexity index is 283. The molecule has 0 unspecified atom stereocenters. The van der Waals surface area contributed by atoms with Gasteiger partial charge in [-0.25, -0.2) is 0 Å². The van der Waals surface area contributed by atoms with Crippen molar-refractivity contribution in [1.29, 1.82) is 0 Å². The summed E-state index contributed by atoms with van der Waals surface area (Å²) in [4.78, 5) is 5.77. The van der Waals surface area contributed by atoms with Crippen molar-refractivity contribution in [2.45, 2.75) is 8.68 Å². The van der Waals surface area contributed by atoms with Crippen LogP contribution in [-0.2, 0) is 15.9 Å². The molecule has 0 atom stereocenters. The van der Waals surface area contributed by atoms with Gasteiger partial charge < -0.3 is 0 Å². The predicted octanol–water partition coefficient (Wildman–Crippen LogP) is 3.08. The fourth-order valence-electron chi connectivity index (χ4n) is 0.476.